The molecule has 0 saturated heterocycles. The third kappa shape index (κ3) is 4.60. The molecule has 2 heteroatoms. The van der Waals surface area contributed by atoms with Gasteiger partial charge in [-0.05, 0) is 121 Å². The molecule has 4 aliphatic rings. The van der Waals surface area contributed by atoms with Gasteiger partial charge in [0.15, 0.2) is 0 Å². The standard InChI is InChI=1S/C45H42N2/c1-45(2)41-29-35(46(33-15-7-4-8-16-33)34-23-21-32(22-24-34)31-13-5-3-6-14-31)25-27-37(41)38-28-26-36(30-42(38)45)47-43-19-11-9-17-39(43)40-18-10-12-20-44(40)47/h3,5,7,9-12,15-21,23-32H,4,6,8,13-14,22H2,1-2H3. The Morgan fingerprint density at radius 1 is 0.660 bits per heavy atom. The van der Waals surface area contributed by atoms with Gasteiger partial charge < -0.3 is 9.47 Å². The fraction of sp³-hybridized carbons (Fsp3) is 0.244. The summed E-state index contributed by atoms with van der Waals surface area (Å²) in [5.74, 6) is 1.40. The molecule has 0 N–H and O–H groups in total. The lowest BCUT2D eigenvalue weighted by molar-refractivity contribution is 0.364. The number of nitrogens with zero attached hydrogens (tertiary/aromatic N) is 2. The summed E-state index contributed by atoms with van der Waals surface area (Å²) in [6, 6.07) is 31.9. The minimum absolute atomic E-state index is 0.131. The lowest BCUT2D eigenvalue weighted by Gasteiger charge is -2.33. The van der Waals surface area contributed by atoms with Gasteiger partial charge in [0.2, 0.25) is 0 Å². The van der Waals surface area contributed by atoms with Gasteiger partial charge in [-0.2, -0.15) is 0 Å². The van der Waals surface area contributed by atoms with Crippen LogP contribution in [0.25, 0.3) is 38.6 Å². The quantitative estimate of drug-likeness (QED) is 0.180. The van der Waals surface area contributed by atoms with E-state index in [0.29, 0.717) is 5.92 Å². The van der Waals surface area contributed by atoms with E-state index in [2.05, 4.69) is 157 Å². The summed E-state index contributed by atoms with van der Waals surface area (Å²) in [4.78, 5) is 2.51. The average molecular weight is 611 g/mol. The molecule has 0 saturated carbocycles. The number of rotatable bonds is 5. The van der Waals surface area contributed by atoms with E-state index >= 15 is 0 Å². The fourth-order valence-corrected chi connectivity index (χ4v) is 8.75. The predicted octanol–water partition coefficient (Wildman–Crippen LogP) is 11.9. The first-order valence-corrected chi connectivity index (χ1v) is 17.6. The molecule has 1 aromatic heterocycles. The summed E-state index contributed by atoms with van der Waals surface area (Å²) in [5.41, 5.74) is 12.9. The Hall–Kier alpha value is -4.82. The van der Waals surface area contributed by atoms with Crippen molar-refractivity contribution in [2.75, 3.05) is 4.90 Å². The lowest BCUT2D eigenvalue weighted by Crippen LogP contribution is -2.24. The summed E-state index contributed by atoms with van der Waals surface area (Å²) in [5, 5.41) is 2.60. The molecule has 2 atom stereocenters. The predicted molar refractivity (Wildman–Crippen MR) is 199 cm³/mol. The molecule has 1 heterocycles. The monoisotopic (exact) mass is 610 g/mol. The van der Waals surface area contributed by atoms with Crippen LogP contribution < -0.4 is 4.90 Å². The third-order valence-corrected chi connectivity index (χ3v) is 11.3. The molecular formula is C45H42N2. The summed E-state index contributed by atoms with van der Waals surface area (Å²) in [7, 11) is 0. The molecule has 0 fully saturated rings. The van der Waals surface area contributed by atoms with Gasteiger partial charge in [-0.15, -0.1) is 0 Å². The van der Waals surface area contributed by atoms with Crippen LogP contribution in [0.4, 0.5) is 5.69 Å². The van der Waals surface area contributed by atoms with Gasteiger partial charge in [0.1, 0.15) is 0 Å². The topological polar surface area (TPSA) is 8.17 Å². The number of allylic oxidation sites excluding steroid dienone is 8. The van der Waals surface area contributed by atoms with Gasteiger partial charge in [-0.25, -0.2) is 0 Å². The molecule has 4 aliphatic carbocycles. The molecule has 232 valence electrons. The van der Waals surface area contributed by atoms with Gasteiger partial charge in [0.05, 0.1) is 11.0 Å². The SMILES string of the molecule is CC1(C)c2cc(N(C3=CCCC=C3)C3=CCC(C4CC=CCC4)C=C3)ccc2-c2ccc(-n3c4ccccc4c4ccccc43)cc21. The van der Waals surface area contributed by atoms with Crippen molar-refractivity contribution >= 4 is 27.5 Å². The largest absolute Gasteiger partial charge is 0.311 e. The molecule has 4 aromatic carbocycles. The van der Waals surface area contributed by atoms with Crippen LogP contribution in [-0.2, 0) is 5.41 Å². The first-order valence-electron chi connectivity index (χ1n) is 17.6. The van der Waals surface area contributed by atoms with Gasteiger partial charge >= 0.3 is 0 Å². The molecule has 2 nitrogen and oxygen atoms in total. The van der Waals surface area contributed by atoms with Crippen LogP contribution >= 0.6 is 0 Å². The summed E-state index contributed by atoms with van der Waals surface area (Å²) >= 11 is 0. The van der Waals surface area contributed by atoms with Crippen LogP contribution in [0.2, 0.25) is 0 Å². The second kappa shape index (κ2) is 11.2. The molecular weight excluding hydrogens is 569 g/mol. The number of fused-ring (bicyclic) bond motifs is 6. The minimum atomic E-state index is -0.131. The average Bonchev–Trinajstić information content (AvgIpc) is 3.58. The second-order valence-electron chi connectivity index (χ2n) is 14.3. The van der Waals surface area contributed by atoms with E-state index in [9.17, 15) is 0 Å². The van der Waals surface area contributed by atoms with Crippen LogP contribution in [-0.4, -0.2) is 4.57 Å². The normalized spacial score (nSPS) is 21.1. The number of aromatic nitrogens is 1. The Kier molecular flexibility index (Phi) is 6.75. The van der Waals surface area contributed by atoms with Crippen LogP contribution in [0.15, 0.2) is 145 Å². The van der Waals surface area contributed by atoms with E-state index in [4.69, 9.17) is 0 Å². The van der Waals surface area contributed by atoms with Crippen LogP contribution in [0, 0.1) is 11.8 Å². The molecule has 0 bridgehead atoms. The van der Waals surface area contributed by atoms with Crippen molar-refractivity contribution < 1.29 is 0 Å². The van der Waals surface area contributed by atoms with E-state index < -0.39 is 0 Å². The Balaban J connectivity index is 1.11. The summed E-state index contributed by atoms with van der Waals surface area (Å²) < 4.78 is 2.44. The number of hydrogen-bond donors (Lipinski definition) is 0. The Bertz CT molecular complexity index is 2140. The zero-order chi connectivity index (χ0) is 31.5. The Labute approximate surface area is 278 Å². The first kappa shape index (κ1) is 28.4. The van der Waals surface area contributed by atoms with E-state index in [1.807, 2.05) is 0 Å². The van der Waals surface area contributed by atoms with E-state index in [0.717, 1.165) is 25.2 Å². The van der Waals surface area contributed by atoms with Crippen molar-refractivity contribution in [2.24, 2.45) is 11.8 Å². The van der Waals surface area contributed by atoms with Crippen molar-refractivity contribution in [3.8, 4) is 16.8 Å². The fourth-order valence-electron chi connectivity index (χ4n) is 8.75. The lowest BCUT2D eigenvalue weighted by atomic mass is 9.79. The van der Waals surface area contributed by atoms with Crippen molar-refractivity contribution in [3.63, 3.8) is 0 Å². The Morgan fingerprint density at radius 3 is 2.06 bits per heavy atom. The van der Waals surface area contributed by atoms with Gasteiger partial charge in [-0.1, -0.05) is 98.8 Å². The highest BCUT2D eigenvalue weighted by Gasteiger charge is 2.37. The maximum atomic E-state index is 2.51. The zero-order valence-electron chi connectivity index (χ0n) is 27.5. The highest BCUT2D eigenvalue weighted by molar-refractivity contribution is 6.09. The number of anilines is 1. The maximum absolute atomic E-state index is 2.51. The van der Waals surface area contributed by atoms with Crippen molar-refractivity contribution in [1.82, 2.24) is 4.57 Å². The van der Waals surface area contributed by atoms with Gasteiger partial charge in [0, 0.05) is 39.0 Å². The molecule has 0 aliphatic heterocycles. The third-order valence-electron chi connectivity index (χ3n) is 11.3. The number of para-hydroxylation sites is 2. The highest BCUT2D eigenvalue weighted by atomic mass is 15.2. The molecule has 47 heavy (non-hydrogen) atoms. The molecule has 0 spiro atoms. The number of benzene rings is 4. The maximum Gasteiger partial charge on any atom is 0.0541 e. The summed E-state index contributed by atoms with van der Waals surface area (Å²) in [6.45, 7) is 4.81. The molecule has 9 rings (SSSR count). The zero-order valence-corrected chi connectivity index (χ0v) is 27.5. The van der Waals surface area contributed by atoms with Crippen LogP contribution in [0.5, 0.6) is 0 Å². The van der Waals surface area contributed by atoms with Gasteiger partial charge in [0.25, 0.3) is 0 Å². The Morgan fingerprint density at radius 2 is 1.38 bits per heavy atom. The van der Waals surface area contributed by atoms with Crippen LogP contribution in [0.1, 0.15) is 63.5 Å². The smallest absolute Gasteiger partial charge is 0.0541 e. The van der Waals surface area contributed by atoms with Crippen molar-refractivity contribution in [1.29, 1.82) is 0 Å². The second-order valence-corrected chi connectivity index (χ2v) is 14.3. The first-order chi connectivity index (χ1) is 23.1. The number of hydrogen-bond acceptors (Lipinski definition) is 1. The molecule has 5 aromatic rings. The van der Waals surface area contributed by atoms with Crippen LogP contribution in [0.3, 0.4) is 0 Å². The van der Waals surface area contributed by atoms with E-state index in [1.165, 1.54) is 86.1 Å². The van der Waals surface area contributed by atoms with E-state index in [1.54, 1.807) is 0 Å². The van der Waals surface area contributed by atoms with Crippen molar-refractivity contribution in [3.05, 3.63) is 156 Å². The highest BCUT2D eigenvalue weighted by Crippen LogP contribution is 2.51. The molecule has 0 amide bonds. The van der Waals surface area contributed by atoms with Crippen molar-refractivity contribution in [2.45, 2.75) is 57.8 Å². The van der Waals surface area contributed by atoms with E-state index in [-0.39, 0.29) is 5.41 Å². The molecule has 0 radical (unpaired) electrons. The summed E-state index contributed by atoms with van der Waals surface area (Å²) in [6.07, 6.45) is 26.3. The van der Waals surface area contributed by atoms with Gasteiger partial charge in [-0.3, -0.25) is 0 Å². The molecule has 2 unspecified atom stereocenters. The minimum Gasteiger partial charge on any atom is -0.311 e.